The first-order valence-corrected chi connectivity index (χ1v) is 9.84. The normalized spacial score (nSPS) is 9.87. The number of rotatable bonds is 5. The number of nitrogen functional groups attached to an aromatic ring is 1. The zero-order chi connectivity index (χ0) is 22.1. The zero-order valence-electron chi connectivity index (χ0n) is 17.5. The lowest BCUT2D eigenvalue weighted by Crippen LogP contribution is -2.33. The molecule has 0 saturated heterocycles. The van der Waals surface area contributed by atoms with E-state index in [1.807, 2.05) is 67.6 Å². The number of benzene rings is 3. The third kappa shape index (κ3) is 6.69. The molecule has 156 valence electrons. The van der Waals surface area contributed by atoms with E-state index in [9.17, 15) is 4.79 Å². The van der Waals surface area contributed by atoms with Gasteiger partial charge in [0, 0.05) is 16.8 Å². The number of aryl methyl sites for hydroxylation is 1. The zero-order valence-corrected chi connectivity index (χ0v) is 18.3. The van der Waals surface area contributed by atoms with Crippen LogP contribution >= 0.6 is 12.2 Å². The summed E-state index contributed by atoms with van der Waals surface area (Å²) in [5.74, 6) is 6.49. The van der Waals surface area contributed by atoms with Crippen molar-refractivity contribution in [3.63, 3.8) is 0 Å². The van der Waals surface area contributed by atoms with E-state index in [0.29, 0.717) is 28.3 Å². The van der Waals surface area contributed by atoms with Crippen LogP contribution in [0.2, 0.25) is 0 Å². The SMILES string of the molecule is COc1ccc(CN(N)C(C)=S)cc1.Cc1ccc(C(=O)c2ccccc2N)cc1. The summed E-state index contributed by atoms with van der Waals surface area (Å²) < 4.78 is 5.05. The molecule has 0 radical (unpaired) electrons. The predicted octanol–water partition coefficient (Wildman–Crippen LogP) is 4.53. The van der Waals surface area contributed by atoms with Gasteiger partial charge in [0.1, 0.15) is 5.75 Å². The first-order valence-electron chi connectivity index (χ1n) is 9.43. The van der Waals surface area contributed by atoms with Gasteiger partial charge in [0.25, 0.3) is 0 Å². The maximum absolute atomic E-state index is 12.1. The topological polar surface area (TPSA) is 81.6 Å². The number of ether oxygens (including phenoxy) is 1. The Bertz CT molecular complexity index is 986. The smallest absolute Gasteiger partial charge is 0.195 e. The minimum atomic E-state index is -0.0295. The Morgan fingerprint density at radius 1 is 1.00 bits per heavy atom. The summed E-state index contributed by atoms with van der Waals surface area (Å²) in [6.07, 6.45) is 0. The number of nitrogens with two attached hydrogens (primary N) is 2. The summed E-state index contributed by atoms with van der Waals surface area (Å²) in [6, 6.07) is 22.4. The van der Waals surface area contributed by atoms with Crippen LogP contribution in [0.15, 0.2) is 72.8 Å². The lowest BCUT2D eigenvalue weighted by Gasteiger charge is -2.16. The van der Waals surface area contributed by atoms with E-state index in [1.165, 1.54) is 5.01 Å². The van der Waals surface area contributed by atoms with E-state index in [-0.39, 0.29) is 5.78 Å². The van der Waals surface area contributed by atoms with Crippen LogP contribution in [0.1, 0.15) is 34.0 Å². The highest BCUT2D eigenvalue weighted by Crippen LogP contribution is 2.16. The molecule has 30 heavy (non-hydrogen) atoms. The fraction of sp³-hybridized carbons (Fsp3) is 0.167. The van der Waals surface area contributed by atoms with Gasteiger partial charge in [-0.15, -0.1) is 0 Å². The van der Waals surface area contributed by atoms with Crippen molar-refractivity contribution in [3.8, 4) is 5.75 Å². The molecule has 5 nitrogen and oxygen atoms in total. The lowest BCUT2D eigenvalue weighted by molar-refractivity contribution is 0.103. The van der Waals surface area contributed by atoms with E-state index >= 15 is 0 Å². The number of thiocarbonyl (C=S) groups is 1. The third-order valence-corrected chi connectivity index (χ3v) is 4.67. The Hall–Kier alpha value is -3.22. The van der Waals surface area contributed by atoms with Gasteiger partial charge in [-0.1, -0.05) is 66.3 Å². The van der Waals surface area contributed by atoms with Gasteiger partial charge >= 0.3 is 0 Å². The molecule has 0 aliphatic heterocycles. The molecule has 6 heteroatoms. The van der Waals surface area contributed by atoms with Crippen LogP contribution < -0.4 is 16.3 Å². The van der Waals surface area contributed by atoms with E-state index in [2.05, 4.69) is 0 Å². The number of hydrazine groups is 1. The number of carbonyl (C=O) groups excluding carboxylic acids is 1. The molecule has 0 fully saturated rings. The highest BCUT2D eigenvalue weighted by atomic mass is 32.1. The van der Waals surface area contributed by atoms with Crippen LogP contribution in [0.4, 0.5) is 5.69 Å². The Morgan fingerprint density at radius 2 is 1.60 bits per heavy atom. The summed E-state index contributed by atoms with van der Waals surface area (Å²) in [5.41, 5.74) is 9.77. The molecule has 4 N–H and O–H groups in total. The van der Waals surface area contributed by atoms with Crippen molar-refractivity contribution in [1.29, 1.82) is 0 Å². The van der Waals surface area contributed by atoms with Gasteiger partial charge in [0.2, 0.25) is 0 Å². The van der Waals surface area contributed by atoms with E-state index in [4.69, 9.17) is 28.5 Å². The Labute approximate surface area is 183 Å². The number of anilines is 1. The molecular formula is C24H27N3O2S. The Balaban J connectivity index is 0.000000216. The number of ketones is 1. The molecule has 3 rings (SSSR count). The van der Waals surface area contributed by atoms with Crippen molar-refractivity contribution < 1.29 is 9.53 Å². The molecular weight excluding hydrogens is 394 g/mol. The fourth-order valence-electron chi connectivity index (χ4n) is 2.60. The first-order chi connectivity index (χ1) is 14.3. The number of para-hydroxylation sites is 1. The molecule has 0 amide bonds. The lowest BCUT2D eigenvalue weighted by atomic mass is 10.0. The highest BCUT2D eigenvalue weighted by molar-refractivity contribution is 7.80. The molecule has 0 heterocycles. The van der Waals surface area contributed by atoms with Gasteiger partial charge in [0.15, 0.2) is 5.78 Å². The second-order valence-corrected chi connectivity index (χ2v) is 7.37. The standard InChI is InChI=1S/C14H13NO.C10H14N2OS/c1-10-6-8-11(9-7-10)14(16)12-4-2-3-5-13(12)15;1-8(14)12(11)7-9-3-5-10(13-2)6-4-9/h2-9H,15H2,1H3;3-6H,7,11H2,1-2H3. The molecule has 0 saturated carbocycles. The molecule has 0 aliphatic rings. The molecule has 0 aromatic heterocycles. The van der Waals surface area contributed by atoms with Crippen LogP contribution in [0.3, 0.4) is 0 Å². The minimum absolute atomic E-state index is 0.0295. The quantitative estimate of drug-likeness (QED) is 0.207. The van der Waals surface area contributed by atoms with Crippen molar-refractivity contribution in [2.45, 2.75) is 20.4 Å². The maximum Gasteiger partial charge on any atom is 0.195 e. The van der Waals surface area contributed by atoms with Crippen molar-refractivity contribution in [2.24, 2.45) is 5.84 Å². The number of hydrogen-bond donors (Lipinski definition) is 2. The second-order valence-electron chi connectivity index (χ2n) is 6.78. The van der Waals surface area contributed by atoms with Gasteiger partial charge in [0.05, 0.1) is 18.6 Å². The van der Waals surface area contributed by atoms with Gasteiger partial charge in [-0.2, -0.15) is 0 Å². The van der Waals surface area contributed by atoms with Crippen LogP contribution in [0.25, 0.3) is 0 Å². The van der Waals surface area contributed by atoms with Crippen LogP contribution in [-0.2, 0) is 6.54 Å². The van der Waals surface area contributed by atoms with Crippen molar-refractivity contribution >= 4 is 28.7 Å². The van der Waals surface area contributed by atoms with Gasteiger partial charge in [-0.05, 0) is 43.7 Å². The molecule has 0 aliphatic carbocycles. The largest absolute Gasteiger partial charge is 0.497 e. The Kier molecular flexibility index (Phi) is 8.53. The van der Waals surface area contributed by atoms with E-state index < -0.39 is 0 Å². The molecule has 3 aromatic rings. The van der Waals surface area contributed by atoms with Gasteiger partial charge in [-0.25, -0.2) is 5.84 Å². The molecule has 3 aromatic carbocycles. The van der Waals surface area contributed by atoms with Gasteiger partial charge < -0.3 is 15.5 Å². The Morgan fingerprint density at radius 3 is 2.13 bits per heavy atom. The average Bonchev–Trinajstić information content (AvgIpc) is 2.75. The molecule has 0 bridgehead atoms. The molecule has 0 unspecified atom stereocenters. The monoisotopic (exact) mass is 421 g/mol. The molecule has 0 spiro atoms. The van der Waals surface area contributed by atoms with E-state index in [1.54, 1.807) is 26.2 Å². The number of methoxy groups -OCH3 is 1. The summed E-state index contributed by atoms with van der Waals surface area (Å²) in [4.78, 5) is 12.8. The summed E-state index contributed by atoms with van der Waals surface area (Å²) in [5, 5.41) is 1.54. The van der Waals surface area contributed by atoms with Crippen LogP contribution in [0.5, 0.6) is 5.75 Å². The third-order valence-electron chi connectivity index (χ3n) is 4.44. The fourth-order valence-corrected chi connectivity index (χ4v) is 2.67. The predicted molar refractivity (Wildman–Crippen MR) is 126 cm³/mol. The van der Waals surface area contributed by atoms with E-state index in [0.717, 1.165) is 16.9 Å². The first kappa shape index (κ1) is 23.1. The second kappa shape index (κ2) is 11.1. The summed E-state index contributed by atoms with van der Waals surface area (Å²) >= 11 is 4.94. The number of nitrogens with zero attached hydrogens (tertiary/aromatic N) is 1. The summed E-state index contributed by atoms with van der Waals surface area (Å²) in [7, 11) is 1.64. The van der Waals surface area contributed by atoms with Crippen LogP contribution in [-0.4, -0.2) is 22.9 Å². The maximum atomic E-state index is 12.1. The van der Waals surface area contributed by atoms with Crippen molar-refractivity contribution in [3.05, 3.63) is 95.1 Å². The van der Waals surface area contributed by atoms with Crippen LogP contribution in [0, 0.1) is 6.92 Å². The van der Waals surface area contributed by atoms with Crippen molar-refractivity contribution in [2.75, 3.05) is 12.8 Å². The minimum Gasteiger partial charge on any atom is -0.497 e. The highest BCUT2D eigenvalue weighted by Gasteiger charge is 2.10. The number of carbonyl (C=O) groups is 1. The van der Waals surface area contributed by atoms with Gasteiger partial charge in [-0.3, -0.25) is 4.79 Å². The average molecular weight is 422 g/mol. The summed E-state index contributed by atoms with van der Waals surface area (Å²) in [6.45, 7) is 4.42. The molecule has 0 atom stereocenters. The van der Waals surface area contributed by atoms with Crippen molar-refractivity contribution in [1.82, 2.24) is 5.01 Å². The number of hydrogen-bond acceptors (Lipinski definition) is 5.